The first-order valence-electron chi connectivity index (χ1n) is 2.17. The van der Waals surface area contributed by atoms with E-state index >= 15 is 0 Å². The summed E-state index contributed by atoms with van der Waals surface area (Å²) >= 11 is 0. The predicted octanol–water partition coefficient (Wildman–Crippen LogP) is 0.496. The smallest absolute Gasteiger partial charge is 0.324 e. The molecule has 0 aromatic carbocycles. The monoisotopic (exact) mass is 139 g/mol. The molecule has 0 radical (unpaired) electrons. The average Bonchev–Trinajstić information content (AvgIpc) is 1.68. The fourth-order valence-corrected chi connectivity index (χ4v) is 0.186. The molecule has 0 fully saturated rings. The summed E-state index contributed by atoms with van der Waals surface area (Å²) in [6.45, 7) is 1.74. The third kappa shape index (κ3) is 5.72. The van der Waals surface area contributed by atoms with E-state index in [4.69, 9.17) is 0 Å². The van der Waals surface area contributed by atoms with Crippen molar-refractivity contribution in [2.45, 2.75) is 13.3 Å². The van der Waals surface area contributed by atoms with Gasteiger partial charge in [0.05, 0.1) is 0 Å². The lowest BCUT2D eigenvalue weighted by Gasteiger charge is -1.94. The number of hydroxylamine groups is 1. The summed E-state index contributed by atoms with van der Waals surface area (Å²) in [7, 11) is 1.55. The first-order chi connectivity index (χ1) is 3.31. The number of carbonyl (C=O) groups excluding carboxylic acids is 1. The second-order valence-corrected chi connectivity index (χ2v) is 1.03. The van der Waals surface area contributed by atoms with Crippen molar-refractivity contribution < 1.29 is 9.63 Å². The minimum absolute atomic E-state index is 0. The molecule has 1 N–H and O–H groups in total. The molecule has 0 amide bonds. The van der Waals surface area contributed by atoms with Gasteiger partial charge in [-0.1, -0.05) is 6.92 Å². The minimum Gasteiger partial charge on any atom is -0.371 e. The van der Waals surface area contributed by atoms with Crippen LogP contribution in [-0.4, -0.2) is 13.0 Å². The molecule has 0 bridgehead atoms. The Morgan fingerprint density at radius 3 is 2.38 bits per heavy atom. The molecule has 0 aliphatic carbocycles. The maximum atomic E-state index is 10.1. The van der Waals surface area contributed by atoms with Crippen LogP contribution in [0.5, 0.6) is 0 Å². The number of halogens is 1. The molecule has 0 unspecified atom stereocenters. The number of hydrogen-bond donors (Lipinski definition) is 1. The van der Waals surface area contributed by atoms with Gasteiger partial charge in [0.2, 0.25) is 0 Å². The first-order valence-corrected chi connectivity index (χ1v) is 2.17. The van der Waals surface area contributed by atoms with E-state index in [-0.39, 0.29) is 18.4 Å². The topological polar surface area (TPSA) is 38.3 Å². The fourth-order valence-electron chi connectivity index (χ4n) is 0.186. The van der Waals surface area contributed by atoms with Gasteiger partial charge in [0, 0.05) is 13.5 Å². The molecule has 0 saturated heterocycles. The van der Waals surface area contributed by atoms with Crippen LogP contribution in [0.2, 0.25) is 0 Å². The van der Waals surface area contributed by atoms with Gasteiger partial charge in [-0.05, 0) is 0 Å². The third-order valence-corrected chi connectivity index (χ3v) is 0.505. The SMILES string of the molecule is CCC(=O)ONC.Cl. The maximum absolute atomic E-state index is 10.1. The standard InChI is InChI=1S/C4H9NO2.ClH/c1-3-4(6)7-5-2;/h5H,3H2,1-2H3;1H. The Labute approximate surface area is 54.8 Å². The largest absolute Gasteiger partial charge is 0.371 e. The Morgan fingerprint density at radius 2 is 2.25 bits per heavy atom. The summed E-state index contributed by atoms with van der Waals surface area (Å²) < 4.78 is 0. The molecule has 0 aliphatic heterocycles. The van der Waals surface area contributed by atoms with Crippen LogP contribution in [0, 0.1) is 0 Å². The summed E-state index contributed by atoms with van der Waals surface area (Å²) in [5, 5.41) is 0. The van der Waals surface area contributed by atoms with Crippen molar-refractivity contribution in [3.05, 3.63) is 0 Å². The molecule has 8 heavy (non-hydrogen) atoms. The van der Waals surface area contributed by atoms with Gasteiger partial charge in [-0.15, -0.1) is 12.4 Å². The fraction of sp³-hybridized carbons (Fsp3) is 0.750. The van der Waals surface area contributed by atoms with Crippen molar-refractivity contribution in [2.24, 2.45) is 0 Å². The quantitative estimate of drug-likeness (QED) is 0.566. The molecule has 50 valence electrons. The van der Waals surface area contributed by atoms with Gasteiger partial charge in [0.15, 0.2) is 0 Å². The van der Waals surface area contributed by atoms with Crippen molar-refractivity contribution >= 4 is 18.4 Å². The second-order valence-electron chi connectivity index (χ2n) is 1.03. The first kappa shape index (κ1) is 10.7. The lowest BCUT2D eigenvalue weighted by Crippen LogP contribution is -2.13. The van der Waals surface area contributed by atoms with Crippen LogP contribution in [0.25, 0.3) is 0 Å². The summed E-state index contributed by atoms with van der Waals surface area (Å²) in [5.41, 5.74) is 2.27. The Morgan fingerprint density at radius 1 is 1.75 bits per heavy atom. The highest BCUT2D eigenvalue weighted by atomic mass is 35.5. The summed E-state index contributed by atoms with van der Waals surface area (Å²) in [4.78, 5) is 14.4. The van der Waals surface area contributed by atoms with Crippen LogP contribution >= 0.6 is 12.4 Å². The van der Waals surface area contributed by atoms with E-state index in [2.05, 4.69) is 10.3 Å². The van der Waals surface area contributed by atoms with E-state index in [1.54, 1.807) is 14.0 Å². The Hall–Kier alpha value is -0.280. The van der Waals surface area contributed by atoms with Gasteiger partial charge in [-0.25, -0.2) is 0 Å². The third-order valence-electron chi connectivity index (χ3n) is 0.505. The normalized spacial score (nSPS) is 7.25. The van der Waals surface area contributed by atoms with Crippen LogP contribution in [0.4, 0.5) is 0 Å². The lowest BCUT2D eigenvalue weighted by molar-refractivity contribution is -0.149. The van der Waals surface area contributed by atoms with E-state index in [0.717, 1.165) is 0 Å². The number of carbonyl (C=O) groups is 1. The van der Waals surface area contributed by atoms with Crippen molar-refractivity contribution in [1.82, 2.24) is 5.48 Å². The molecular formula is C4H10ClNO2. The number of rotatable bonds is 2. The zero-order valence-corrected chi connectivity index (χ0v) is 5.75. The van der Waals surface area contributed by atoms with Crippen LogP contribution in [-0.2, 0) is 9.63 Å². The predicted molar refractivity (Wildman–Crippen MR) is 32.7 cm³/mol. The molecule has 0 spiro atoms. The molecule has 3 nitrogen and oxygen atoms in total. The van der Waals surface area contributed by atoms with E-state index in [0.29, 0.717) is 6.42 Å². The minimum atomic E-state index is -0.234. The second kappa shape index (κ2) is 6.72. The maximum Gasteiger partial charge on any atom is 0.324 e. The van der Waals surface area contributed by atoms with Crippen molar-refractivity contribution in [2.75, 3.05) is 7.05 Å². The molecular weight excluding hydrogens is 130 g/mol. The van der Waals surface area contributed by atoms with E-state index < -0.39 is 0 Å². The highest BCUT2D eigenvalue weighted by molar-refractivity contribution is 5.85. The van der Waals surface area contributed by atoms with Crippen molar-refractivity contribution in [3.63, 3.8) is 0 Å². The molecule has 0 heterocycles. The molecule has 0 rings (SSSR count). The Kier molecular flexibility index (Phi) is 8.95. The van der Waals surface area contributed by atoms with Crippen LogP contribution in [0.3, 0.4) is 0 Å². The number of nitrogens with one attached hydrogen (secondary N) is 1. The van der Waals surface area contributed by atoms with Gasteiger partial charge >= 0.3 is 5.97 Å². The van der Waals surface area contributed by atoms with Crippen LogP contribution in [0.15, 0.2) is 0 Å². The molecule has 0 aromatic rings. The summed E-state index contributed by atoms with van der Waals surface area (Å²) in [5.74, 6) is -0.234. The summed E-state index contributed by atoms with van der Waals surface area (Å²) in [6.07, 6.45) is 0.418. The summed E-state index contributed by atoms with van der Waals surface area (Å²) in [6, 6.07) is 0. The van der Waals surface area contributed by atoms with Crippen LogP contribution in [0.1, 0.15) is 13.3 Å². The van der Waals surface area contributed by atoms with Gasteiger partial charge in [0.25, 0.3) is 0 Å². The molecule has 0 saturated carbocycles. The van der Waals surface area contributed by atoms with E-state index in [9.17, 15) is 4.79 Å². The van der Waals surface area contributed by atoms with Gasteiger partial charge in [-0.3, -0.25) is 4.79 Å². The van der Waals surface area contributed by atoms with Gasteiger partial charge in [0.1, 0.15) is 0 Å². The van der Waals surface area contributed by atoms with E-state index in [1.165, 1.54) is 0 Å². The average molecular weight is 140 g/mol. The van der Waals surface area contributed by atoms with Crippen molar-refractivity contribution in [1.29, 1.82) is 0 Å². The molecule has 0 aliphatic rings. The Balaban J connectivity index is 0. The molecule has 0 aromatic heterocycles. The Bertz CT molecular complexity index is 67.1. The highest BCUT2D eigenvalue weighted by Crippen LogP contribution is 1.76. The zero-order valence-electron chi connectivity index (χ0n) is 4.93. The molecule has 4 heteroatoms. The zero-order chi connectivity index (χ0) is 5.70. The van der Waals surface area contributed by atoms with Gasteiger partial charge in [-0.2, -0.15) is 5.48 Å². The highest BCUT2D eigenvalue weighted by Gasteiger charge is 1.91. The van der Waals surface area contributed by atoms with Gasteiger partial charge < -0.3 is 4.84 Å². The van der Waals surface area contributed by atoms with Crippen LogP contribution < -0.4 is 5.48 Å². The number of hydrogen-bond acceptors (Lipinski definition) is 3. The van der Waals surface area contributed by atoms with Crippen molar-refractivity contribution in [3.8, 4) is 0 Å². The lowest BCUT2D eigenvalue weighted by atomic mass is 10.5. The molecule has 0 atom stereocenters. The van der Waals surface area contributed by atoms with E-state index in [1.807, 2.05) is 0 Å².